The molecule has 0 aliphatic rings. The Morgan fingerprint density at radius 1 is 0.514 bits per heavy atom. The largest absolute Gasteiger partial charge is 0.396 e. The third-order valence-corrected chi connectivity index (χ3v) is 7.67. The number of nitrogens with zero attached hydrogens (tertiary/aromatic N) is 1. The first-order valence-electron chi connectivity index (χ1n) is 16.9. The number of aliphatic hydroxyl groups excluding tert-OH is 1. The fraction of sp³-hybridized carbons (Fsp3) is 0.970. The third kappa shape index (κ3) is 28.2. The molecule has 222 valence electrons. The lowest BCUT2D eigenvalue weighted by molar-refractivity contribution is -0.131. The average Bonchev–Trinajstić information content (AvgIpc) is 2.90. The van der Waals surface area contributed by atoms with Crippen molar-refractivity contribution in [1.82, 2.24) is 10.2 Å². The number of aliphatic hydroxyl groups is 1. The van der Waals surface area contributed by atoms with Crippen LogP contribution in [0, 0.1) is 0 Å². The molecule has 0 fully saturated rings. The second-order valence-corrected chi connectivity index (χ2v) is 11.4. The van der Waals surface area contributed by atoms with Crippen molar-refractivity contribution in [2.45, 2.75) is 174 Å². The van der Waals surface area contributed by atoms with Crippen LogP contribution in [0.1, 0.15) is 174 Å². The normalized spacial score (nSPS) is 11.3. The van der Waals surface area contributed by atoms with E-state index < -0.39 is 0 Å². The van der Waals surface area contributed by atoms with Gasteiger partial charge < -0.3 is 15.3 Å². The standard InChI is InChI=1S/C33H68N2O2/c1-3-5-7-9-11-13-18-24-30-35(31-25-19-14-12-10-8-6-4-2)33(37)27-21-16-15-17-22-28-34-29-23-20-26-32-36/h34,36H,3-32H2,1-2H3. The van der Waals surface area contributed by atoms with Crippen molar-refractivity contribution in [3.8, 4) is 0 Å². The Hall–Kier alpha value is -0.610. The summed E-state index contributed by atoms with van der Waals surface area (Å²) < 4.78 is 0. The predicted octanol–water partition coefficient (Wildman–Crippen LogP) is 9.19. The van der Waals surface area contributed by atoms with Gasteiger partial charge >= 0.3 is 0 Å². The molecule has 0 aromatic carbocycles. The summed E-state index contributed by atoms with van der Waals surface area (Å²) in [5.41, 5.74) is 0. The molecule has 0 unspecified atom stereocenters. The van der Waals surface area contributed by atoms with Crippen molar-refractivity contribution in [1.29, 1.82) is 0 Å². The summed E-state index contributed by atoms with van der Waals surface area (Å²) in [6.07, 6.45) is 31.2. The van der Waals surface area contributed by atoms with Gasteiger partial charge in [-0.05, 0) is 58.0 Å². The number of hydrogen-bond acceptors (Lipinski definition) is 3. The maximum atomic E-state index is 13.0. The van der Waals surface area contributed by atoms with Crippen LogP contribution in [0.5, 0.6) is 0 Å². The van der Waals surface area contributed by atoms with Gasteiger partial charge in [0.1, 0.15) is 0 Å². The number of carbonyl (C=O) groups is 1. The van der Waals surface area contributed by atoms with Gasteiger partial charge in [0.2, 0.25) is 5.91 Å². The van der Waals surface area contributed by atoms with Gasteiger partial charge in [0.05, 0.1) is 0 Å². The van der Waals surface area contributed by atoms with E-state index in [1.807, 2.05) is 0 Å². The average molecular weight is 525 g/mol. The molecule has 0 saturated heterocycles. The number of rotatable bonds is 31. The van der Waals surface area contributed by atoms with Crippen molar-refractivity contribution >= 4 is 5.91 Å². The summed E-state index contributed by atoms with van der Waals surface area (Å²) in [6, 6.07) is 0. The number of amides is 1. The number of unbranched alkanes of at least 4 members (excludes halogenated alkanes) is 20. The van der Waals surface area contributed by atoms with E-state index in [9.17, 15) is 4.79 Å². The van der Waals surface area contributed by atoms with Crippen molar-refractivity contribution in [3.05, 3.63) is 0 Å². The highest BCUT2D eigenvalue weighted by Gasteiger charge is 2.12. The number of nitrogens with one attached hydrogen (secondary N) is 1. The first kappa shape index (κ1) is 36.4. The molecule has 0 aromatic rings. The lowest BCUT2D eigenvalue weighted by atomic mass is 10.1. The molecule has 0 heterocycles. The van der Waals surface area contributed by atoms with Crippen LogP contribution in [-0.2, 0) is 4.79 Å². The molecule has 2 N–H and O–H groups in total. The van der Waals surface area contributed by atoms with Gasteiger partial charge in [-0.2, -0.15) is 0 Å². The number of carbonyl (C=O) groups excluding carboxylic acids is 1. The molecule has 4 nitrogen and oxygen atoms in total. The molecule has 0 atom stereocenters. The van der Waals surface area contributed by atoms with Gasteiger partial charge in [-0.3, -0.25) is 4.79 Å². The van der Waals surface area contributed by atoms with E-state index in [-0.39, 0.29) is 0 Å². The fourth-order valence-electron chi connectivity index (χ4n) is 5.11. The van der Waals surface area contributed by atoms with Crippen molar-refractivity contribution in [2.24, 2.45) is 0 Å². The van der Waals surface area contributed by atoms with E-state index >= 15 is 0 Å². The van der Waals surface area contributed by atoms with Crippen molar-refractivity contribution < 1.29 is 9.90 Å². The van der Waals surface area contributed by atoms with E-state index in [1.165, 1.54) is 128 Å². The molecule has 0 aliphatic heterocycles. The molecule has 1 amide bonds. The van der Waals surface area contributed by atoms with Crippen molar-refractivity contribution in [2.75, 3.05) is 32.8 Å². The fourth-order valence-corrected chi connectivity index (χ4v) is 5.11. The zero-order valence-corrected chi connectivity index (χ0v) is 25.5. The quantitative estimate of drug-likeness (QED) is 0.0889. The summed E-state index contributed by atoms with van der Waals surface area (Å²) >= 11 is 0. The Morgan fingerprint density at radius 2 is 0.892 bits per heavy atom. The first-order valence-corrected chi connectivity index (χ1v) is 16.9. The van der Waals surface area contributed by atoms with E-state index in [2.05, 4.69) is 24.1 Å². The summed E-state index contributed by atoms with van der Waals surface area (Å²) in [6.45, 7) is 9.01. The van der Waals surface area contributed by atoms with Gasteiger partial charge in [0, 0.05) is 26.1 Å². The van der Waals surface area contributed by atoms with Gasteiger partial charge in [-0.15, -0.1) is 0 Å². The molecule has 4 heteroatoms. The van der Waals surface area contributed by atoms with Crippen LogP contribution in [-0.4, -0.2) is 48.7 Å². The Bertz CT molecular complexity index is 424. The maximum absolute atomic E-state index is 13.0. The minimum absolute atomic E-state index is 0.318. The highest BCUT2D eigenvalue weighted by Crippen LogP contribution is 2.13. The monoisotopic (exact) mass is 525 g/mol. The summed E-state index contributed by atoms with van der Waals surface area (Å²) in [5, 5.41) is 12.3. The topological polar surface area (TPSA) is 52.6 Å². The van der Waals surface area contributed by atoms with E-state index in [0.29, 0.717) is 12.5 Å². The van der Waals surface area contributed by atoms with Gasteiger partial charge in [0.15, 0.2) is 0 Å². The molecular formula is C33H68N2O2. The molecule has 0 aromatic heterocycles. The molecule has 0 spiro atoms. The molecule has 0 saturated carbocycles. The van der Waals surface area contributed by atoms with E-state index in [1.54, 1.807) is 0 Å². The summed E-state index contributed by atoms with van der Waals surface area (Å²) in [4.78, 5) is 15.2. The lowest BCUT2D eigenvalue weighted by Gasteiger charge is -2.23. The second-order valence-electron chi connectivity index (χ2n) is 11.4. The van der Waals surface area contributed by atoms with Gasteiger partial charge in [0.25, 0.3) is 0 Å². The highest BCUT2D eigenvalue weighted by atomic mass is 16.2. The van der Waals surface area contributed by atoms with Crippen LogP contribution >= 0.6 is 0 Å². The van der Waals surface area contributed by atoms with Gasteiger partial charge in [-0.25, -0.2) is 0 Å². The van der Waals surface area contributed by atoms with Crippen LogP contribution in [0.2, 0.25) is 0 Å². The van der Waals surface area contributed by atoms with E-state index in [4.69, 9.17) is 5.11 Å². The Morgan fingerprint density at radius 3 is 1.35 bits per heavy atom. The van der Waals surface area contributed by atoms with Gasteiger partial charge in [-0.1, -0.05) is 123 Å². The SMILES string of the molecule is CCCCCCCCCCN(CCCCCCCCCC)C(=O)CCCCCCCNCCCCCO. The molecular weight excluding hydrogens is 456 g/mol. The molecule has 37 heavy (non-hydrogen) atoms. The second kappa shape index (κ2) is 31.6. The van der Waals surface area contributed by atoms with Crippen LogP contribution in [0.3, 0.4) is 0 Å². The highest BCUT2D eigenvalue weighted by molar-refractivity contribution is 5.76. The first-order chi connectivity index (χ1) is 18.3. The Labute approximate surface area is 233 Å². The minimum atomic E-state index is 0.318. The maximum Gasteiger partial charge on any atom is 0.222 e. The lowest BCUT2D eigenvalue weighted by Crippen LogP contribution is -2.32. The van der Waals surface area contributed by atoms with Crippen LogP contribution in [0.15, 0.2) is 0 Å². The smallest absolute Gasteiger partial charge is 0.222 e. The molecule has 0 aliphatic carbocycles. The van der Waals surface area contributed by atoms with Crippen LogP contribution in [0.25, 0.3) is 0 Å². The molecule has 0 bridgehead atoms. The third-order valence-electron chi connectivity index (χ3n) is 7.67. The van der Waals surface area contributed by atoms with Crippen LogP contribution in [0.4, 0.5) is 0 Å². The number of hydrogen-bond donors (Lipinski definition) is 2. The Kier molecular flexibility index (Phi) is 31.1. The molecule has 0 radical (unpaired) electrons. The summed E-state index contributed by atoms with van der Waals surface area (Å²) in [5.74, 6) is 0.412. The van der Waals surface area contributed by atoms with E-state index in [0.717, 1.165) is 58.3 Å². The minimum Gasteiger partial charge on any atom is -0.396 e. The van der Waals surface area contributed by atoms with Crippen molar-refractivity contribution in [3.63, 3.8) is 0 Å². The zero-order valence-electron chi connectivity index (χ0n) is 25.5. The van der Waals surface area contributed by atoms with Crippen LogP contribution < -0.4 is 5.32 Å². The molecule has 0 rings (SSSR count). The summed E-state index contributed by atoms with van der Waals surface area (Å²) in [7, 11) is 0. The zero-order chi connectivity index (χ0) is 27.1. The predicted molar refractivity (Wildman–Crippen MR) is 163 cm³/mol. The Balaban J connectivity index is 3.99.